The summed E-state index contributed by atoms with van der Waals surface area (Å²) in [4.78, 5) is 2.50. The van der Waals surface area contributed by atoms with E-state index in [1.807, 2.05) is 11.3 Å². The van der Waals surface area contributed by atoms with Crippen LogP contribution in [0.4, 0.5) is 17.1 Å². The summed E-state index contributed by atoms with van der Waals surface area (Å²) in [6.45, 7) is 0. The zero-order valence-corrected chi connectivity index (χ0v) is 30.7. The summed E-state index contributed by atoms with van der Waals surface area (Å²) in [5, 5.41) is 7.55. The molecule has 3 heteroatoms. The third-order valence-electron chi connectivity index (χ3n) is 11.0. The number of aromatic nitrogens is 1. The van der Waals surface area contributed by atoms with Gasteiger partial charge in [-0.05, 0) is 82.1 Å². The molecular weight excluding hydrogens is 685 g/mol. The van der Waals surface area contributed by atoms with Crippen LogP contribution >= 0.6 is 11.3 Å². The van der Waals surface area contributed by atoms with E-state index in [1.165, 1.54) is 75.0 Å². The van der Waals surface area contributed by atoms with Crippen LogP contribution in [0.25, 0.3) is 80.7 Å². The Morgan fingerprint density at radius 1 is 0.382 bits per heavy atom. The van der Waals surface area contributed by atoms with E-state index < -0.39 is 0 Å². The fourth-order valence-corrected chi connectivity index (χ4v) is 9.62. The van der Waals surface area contributed by atoms with Crippen molar-refractivity contribution >= 4 is 81.1 Å². The highest BCUT2D eigenvalue weighted by molar-refractivity contribution is 7.26. The average Bonchev–Trinajstić information content (AvgIpc) is 3.81. The first-order valence-electron chi connectivity index (χ1n) is 18.8. The molecule has 0 fully saturated rings. The number of benzene rings is 9. The van der Waals surface area contributed by atoms with E-state index in [-0.39, 0.29) is 0 Å². The van der Waals surface area contributed by atoms with Gasteiger partial charge in [-0.1, -0.05) is 152 Å². The number of para-hydroxylation sites is 2. The number of fused-ring (bicyclic) bond motifs is 7. The van der Waals surface area contributed by atoms with E-state index in [0.29, 0.717) is 0 Å². The Labute approximate surface area is 323 Å². The molecule has 0 saturated heterocycles. The molecule has 258 valence electrons. The summed E-state index contributed by atoms with van der Waals surface area (Å²) >= 11 is 1.87. The summed E-state index contributed by atoms with van der Waals surface area (Å²) in [5.41, 5.74) is 11.6. The fourth-order valence-electron chi connectivity index (χ4n) is 8.42. The Morgan fingerprint density at radius 3 is 1.84 bits per heavy atom. The normalized spacial score (nSPS) is 11.6. The monoisotopic (exact) mass is 718 g/mol. The van der Waals surface area contributed by atoms with Crippen LogP contribution in [0.5, 0.6) is 0 Å². The molecule has 2 heterocycles. The molecule has 0 amide bonds. The molecule has 0 N–H and O–H groups in total. The molecule has 0 radical (unpaired) electrons. The molecule has 0 unspecified atom stereocenters. The first-order chi connectivity index (χ1) is 27.3. The standard InChI is InChI=1S/C52H34N2S/c1-2-15-36(16-3-1)42-31-30-39(38-29-28-35-14-4-5-17-37(35)32-38)33-50(42)54(49-26-13-23-46-45-22-8-11-27-51(45)55-52(46)49)41-19-12-18-40(34-41)53-47-24-9-6-20-43(47)44-21-7-10-25-48(44)53/h1-34H. The van der Waals surface area contributed by atoms with Crippen LogP contribution in [0.15, 0.2) is 206 Å². The Kier molecular flexibility index (Phi) is 7.39. The largest absolute Gasteiger partial charge is 0.309 e. The van der Waals surface area contributed by atoms with Crippen LogP contribution in [-0.4, -0.2) is 4.57 Å². The average molecular weight is 719 g/mol. The molecule has 0 aliphatic rings. The van der Waals surface area contributed by atoms with Crippen LogP contribution < -0.4 is 4.90 Å². The number of rotatable bonds is 6. The predicted octanol–water partition coefficient (Wildman–Crippen LogP) is 15.1. The smallest absolute Gasteiger partial charge is 0.0640 e. The van der Waals surface area contributed by atoms with Gasteiger partial charge in [0, 0.05) is 43.2 Å². The second kappa shape index (κ2) is 12.9. The third-order valence-corrected chi connectivity index (χ3v) is 12.2. The van der Waals surface area contributed by atoms with Gasteiger partial charge in [0.2, 0.25) is 0 Å². The van der Waals surface area contributed by atoms with Crippen molar-refractivity contribution in [1.29, 1.82) is 0 Å². The Morgan fingerprint density at radius 2 is 1.02 bits per heavy atom. The highest BCUT2D eigenvalue weighted by atomic mass is 32.1. The molecular formula is C52H34N2S. The number of thiophene rings is 1. The van der Waals surface area contributed by atoms with Gasteiger partial charge in [0.1, 0.15) is 0 Å². The maximum atomic E-state index is 2.50. The molecule has 11 rings (SSSR count). The molecule has 0 saturated carbocycles. The van der Waals surface area contributed by atoms with Gasteiger partial charge in [0.25, 0.3) is 0 Å². The van der Waals surface area contributed by atoms with Gasteiger partial charge in [-0.25, -0.2) is 0 Å². The van der Waals surface area contributed by atoms with Crippen molar-refractivity contribution in [3.63, 3.8) is 0 Å². The maximum Gasteiger partial charge on any atom is 0.0640 e. The zero-order chi connectivity index (χ0) is 36.3. The van der Waals surface area contributed by atoms with E-state index in [1.54, 1.807) is 0 Å². The summed E-state index contributed by atoms with van der Waals surface area (Å²) in [6.07, 6.45) is 0. The molecule has 2 nitrogen and oxygen atoms in total. The van der Waals surface area contributed by atoms with Gasteiger partial charge in [-0.3, -0.25) is 0 Å². The highest BCUT2D eigenvalue weighted by Crippen LogP contribution is 2.48. The SMILES string of the molecule is c1ccc(-c2ccc(-c3ccc4ccccc4c3)cc2N(c2cccc(-n3c4ccccc4c4ccccc43)c2)c2cccc3c2sc2ccccc23)cc1. The Balaban J connectivity index is 1.21. The summed E-state index contributed by atoms with van der Waals surface area (Å²) in [6, 6.07) is 75.3. The van der Waals surface area contributed by atoms with Crippen molar-refractivity contribution in [3.05, 3.63) is 206 Å². The lowest BCUT2D eigenvalue weighted by Gasteiger charge is -2.29. The zero-order valence-electron chi connectivity index (χ0n) is 29.9. The van der Waals surface area contributed by atoms with Crippen molar-refractivity contribution in [2.75, 3.05) is 4.90 Å². The van der Waals surface area contributed by atoms with Crippen molar-refractivity contribution in [1.82, 2.24) is 4.57 Å². The molecule has 0 aliphatic carbocycles. The number of hydrogen-bond donors (Lipinski definition) is 0. The quantitative estimate of drug-likeness (QED) is 0.166. The molecule has 0 aliphatic heterocycles. The van der Waals surface area contributed by atoms with E-state index in [2.05, 4.69) is 216 Å². The number of anilines is 3. The minimum atomic E-state index is 1.09. The van der Waals surface area contributed by atoms with Crippen LogP contribution in [0.2, 0.25) is 0 Å². The van der Waals surface area contributed by atoms with Crippen molar-refractivity contribution in [2.24, 2.45) is 0 Å². The summed E-state index contributed by atoms with van der Waals surface area (Å²) < 4.78 is 4.97. The van der Waals surface area contributed by atoms with Crippen molar-refractivity contribution < 1.29 is 0 Å². The lowest BCUT2D eigenvalue weighted by Crippen LogP contribution is -2.12. The molecule has 0 bridgehead atoms. The second-order valence-corrected chi connectivity index (χ2v) is 15.2. The van der Waals surface area contributed by atoms with Gasteiger partial charge in [-0.2, -0.15) is 0 Å². The Bertz CT molecular complexity index is 3170. The van der Waals surface area contributed by atoms with Crippen LogP contribution in [0.3, 0.4) is 0 Å². The van der Waals surface area contributed by atoms with E-state index in [4.69, 9.17) is 0 Å². The van der Waals surface area contributed by atoms with E-state index in [0.717, 1.165) is 22.7 Å². The summed E-state index contributed by atoms with van der Waals surface area (Å²) in [5.74, 6) is 0. The lowest BCUT2D eigenvalue weighted by molar-refractivity contribution is 1.17. The third kappa shape index (κ3) is 5.24. The van der Waals surface area contributed by atoms with Crippen LogP contribution in [0, 0.1) is 0 Å². The minimum absolute atomic E-state index is 1.09. The molecule has 9 aromatic carbocycles. The van der Waals surface area contributed by atoms with E-state index in [9.17, 15) is 0 Å². The highest BCUT2D eigenvalue weighted by Gasteiger charge is 2.23. The lowest BCUT2D eigenvalue weighted by atomic mass is 9.95. The van der Waals surface area contributed by atoms with E-state index >= 15 is 0 Å². The van der Waals surface area contributed by atoms with Crippen LogP contribution in [-0.2, 0) is 0 Å². The van der Waals surface area contributed by atoms with Gasteiger partial charge in [0.15, 0.2) is 0 Å². The van der Waals surface area contributed by atoms with Crippen molar-refractivity contribution in [2.45, 2.75) is 0 Å². The second-order valence-electron chi connectivity index (χ2n) is 14.1. The minimum Gasteiger partial charge on any atom is -0.309 e. The first-order valence-corrected chi connectivity index (χ1v) is 19.6. The van der Waals surface area contributed by atoms with Crippen LogP contribution in [0.1, 0.15) is 0 Å². The molecule has 0 spiro atoms. The molecule has 11 aromatic rings. The topological polar surface area (TPSA) is 8.17 Å². The fraction of sp³-hybridized carbons (Fsp3) is 0. The Hall–Kier alpha value is -6.94. The van der Waals surface area contributed by atoms with Gasteiger partial charge in [-0.15, -0.1) is 11.3 Å². The summed E-state index contributed by atoms with van der Waals surface area (Å²) in [7, 11) is 0. The van der Waals surface area contributed by atoms with Gasteiger partial charge in [0.05, 0.1) is 27.1 Å². The number of nitrogens with zero attached hydrogens (tertiary/aromatic N) is 2. The predicted molar refractivity (Wildman–Crippen MR) is 237 cm³/mol. The molecule has 2 aromatic heterocycles. The molecule has 55 heavy (non-hydrogen) atoms. The van der Waals surface area contributed by atoms with Gasteiger partial charge < -0.3 is 9.47 Å². The number of hydrogen-bond acceptors (Lipinski definition) is 2. The first kappa shape index (κ1) is 31.6. The van der Waals surface area contributed by atoms with Gasteiger partial charge >= 0.3 is 0 Å². The van der Waals surface area contributed by atoms with Crippen molar-refractivity contribution in [3.8, 4) is 27.9 Å². The molecule has 0 atom stereocenters. The maximum absolute atomic E-state index is 2.50.